The van der Waals surface area contributed by atoms with Crippen molar-refractivity contribution in [1.82, 2.24) is 0 Å². The van der Waals surface area contributed by atoms with Crippen LogP contribution in [-0.2, 0) is 10.2 Å². The van der Waals surface area contributed by atoms with Gasteiger partial charge in [0.1, 0.15) is 5.75 Å². The summed E-state index contributed by atoms with van der Waals surface area (Å²) in [6.45, 7) is 4.23. The molecule has 1 aromatic rings. The molecule has 1 fully saturated rings. The molecular formula is C15H19BrO3. The van der Waals surface area contributed by atoms with E-state index in [4.69, 9.17) is 9.84 Å². The highest BCUT2D eigenvalue weighted by Crippen LogP contribution is 2.53. The van der Waals surface area contributed by atoms with Crippen molar-refractivity contribution in [2.45, 2.75) is 44.4 Å². The highest BCUT2D eigenvalue weighted by Gasteiger charge is 2.46. The molecule has 0 bridgehead atoms. The second-order valence-corrected chi connectivity index (χ2v) is 6.44. The summed E-state index contributed by atoms with van der Waals surface area (Å²) < 4.78 is 6.35. The van der Waals surface area contributed by atoms with Crippen molar-refractivity contribution in [1.29, 1.82) is 0 Å². The van der Waals surface area contributed by atoms with E-state index in [1.807, 2.05) is 6.07 Å². The molecule has 0 aliphatic heterocycles. The zero-order chi connectivity index (χ0) is 14.2. The SMILES string of the molecule is COc1c(Br)cc(C2(CC(=O)O)CC2)cc1C(C)C. The summed E-state index contributed by atoms with van der Waals surface area (Å²) >= 11 is 3.54. The Bertz CT molecular complexity index is 504. The maximum Gasteiger partial charge on any atom is 0.304 e. The smallest absolute Gasteiger partial charge is 0.304 e. The number of aliphatic carboxylic acids is 1. The van der Waals surface area contributed by atoms with Gasteiger partial charge in [0.2, 0.25) is 0 Å². The van der Waals surface area contributed by atoms with Gasteiger partial charge < -0.3 is 9.84 Å². The topological polar surface area (TPSA) is 46.5 Å². The van der Waals surface area contributed by atoms with Crippen molar-refractivity contribution in [2.75, 3.05) is 7.11 Å². The molecule has 1 saturated carbocycles. The van der Waals surface area contributed by atoms with Crippen LogP contribution in [0.15, 0.2) is 16.6 Å². The van der Waals surface area contributed by atoms with Crippen LogP contribution < -0.4 is 4.74 Å². The predicted octanol–water partition coefficient (Wildman–Crippen LogP) is 4.09. The molecule has 4 heteroatoms. The Kier molecular flexibility index (Phi) is 3.90. The van der Waals surface area contributed by atoms with Gasteiger partial charge in [0.15, 0.2) is 0 Å². The summed E-state index contributed by atoms with van der Waals surface area (Å²) in [5.41, 5.74) is 2.08. The van der Waals surface area contributed by atoms with Crippen LogP contribution in [0.5, 0.6) is 5.75 Å². The van der Waals surface area contributed by atoms with Crippen LogP contribution in [0.1, 0.15) is 50.2 Å². The Labute approximate surface area is 122 Å². The third-order valence-corrected chi connectivity index (χ3v) is 4.44. The van der Waals surface area contributed by atoms with Gasteiger partial charge in [-0.15, -0.1) is 0 Å². The molecule has 0 atom stereocenters. The third kappa shape index (κ3) is 2.78. The van der Waals surface area contributed by atoms with Gasteiger partial charge in [0.25, 0.3) is 0 Å². The minimum Gasteiger partial charge on any atom is -0.495 e. The molecule has 1 aliphatic rings. The highest BCUT2D eigenvalue weighted by molar-refractivity contribution is 9.10. The van der Waals surface area contributed by atoms with E-state index in [9.17, 15) is 4.79 Å². The number of methoxy groups -OCH3 is 1. The van der Waals surface area contributed by atoms with Gasteiger partial charge >= 0.3 is 5.97 Å². The fourth-order valence-electron chi connectivity index (χ4n) is 2.57. The first-order valence-corrected chi connectivity index (χ1v) is 7.28. The van der Waals surface area contributed by atoms with E-state index in [1.165, 1.54) is 0 Å². The Morgan fingerprint density at radius 1 is 1.47 bits per heavy atom. The second kappa shape index (κ2) is 5.16. The zero-order valence-electron chi connectivity index (χ0n) is 11.5. The van der Waals surface area contributed by atoms with Gasteiger partial charge in [-0.25, -0.2) is 0 Å². The van der Waals surface area contributed by atoms with Crippen molar-refractivity contribution in [2.24, 2.45) is 0 Å². The number of carboxylic acid groups (broad SMARTS) is 1. The van der Waals surface area contributed by atoms with Crippen LogP contribution in [-0.4, -0.2) is 18.2 Å². The minimum atomic E-state index is -0.726. The van der Waals surface area contributed by atoms with E-state index in [1.54, 1.807) is 7.11 Å². The zero-order valence-corrected chi connectivity index (χ0v) is 13.1. The molecule has 104 valence electrons. The van der Waals surface area contributed by atoms with E-state index in [2.05, 4.69) is 35.8 Å². The second-order valence-electron chi connectivity index (χ2n) is 5.59. The quantitative estimate of drug-likeness (QED) is 0.886. The number of halogens is 1. The molecule has 19 heavy (non-hydrogen) atoms. The van der Waals surface area contributed by atoms with Gasteiger partial charge in [-0.2, -0.15) is 0 Å². The number of hydrogen-bond acceptors (Lipinski definition) is 2. The van der Waals surface area contributed by atoms with Gasteiger partial charge in [0, 0.05) is 5.41 Å². The first kappa shape index (κ1) is 14.4. The Morgan fingerprint density at radius 3 is 2.53 bits per heavy atom. The number of carboxylic acids is 1. The molecule has 0 unspecified atom stereocenters. The summed E-state index contributed by atoms with van der Waals surface area (Å²) in [5, 5.41) is 9.06. The van der Waals surface area contributed by atoms with E-state index in [-0.39, 0.29) is 11.8 Å². The van der Waals surface area contributed by atoms with E-state index >= 15 is 0 Å². The van der Waals surface area contributed by atoms with Crippen molar-refractivity contribution >= 4 is 21.9 Å². The minimum absolute atomic E-state index is 0.162. The molecule has 0 heterocycles. The maximum absolute atomic E-state index is 11.0. The van der Waals surface area contributed by atoms with Crippen molar-refractivity contribution in [3.8, 4) is 5.75 Å². The lowest BCUT2D eigenvalue weighted by Crippen LogP contribution is -2.14. The summed E-state index contributed by atoms with van der Waals surface area (Å²) in [6, 6.07) is 4.13. The van der Waals surface area contributed by atoms with E-state index in [0.717, 1.165) is 34.2 Å². The summed E-state index contributed by atoms with van der Waals surface area (Å²) in [5.74, 6) is 0.465. The lowest BCUT2D eigenvalue weighted by molar-refractivity contribution is -0.137. The Balaban J connectivity index is 2.46. The van der Waals surface area contributed by atoms with Gasteiger partial charge in [-0.05, 0) is 51.9 Å². The van der Waals surface area contributed by atoms with E-state index < -0.39 is 5.97 Å². The van der Waals surface area contributed by atoms with Gasteiger partial charge in [-0.1, -0.05) is 19.9 Å². The normalized spacial score (nSPS) is 16.5. The lowest BCUT2D eigenvalue weighted by Gasteiger charge is -2.20. The molecular weight excluding hydrogens is 308 g/mol. The number of hydrogen-bond donors (Lipinski definition) is 1. The fraction of sp³-hybridized carbons (Fsp3) is 0.533. The van der Waals surface area contributed by atoms with Crippen LogP contribution in [0, 0.1) is 0 Å². The first-order valence-electron chi connectivity index (χ1n) is 6.49. The standard InChI is InChI=1S/C15H19BrO3/c1-9(2)11-6-10(7-12(16)14(11)19-3)15(4-5-15)8-13(17)18/h6-7,9H,4-5,8H2,1-3H3,(H,17,18). The van der Waals surface area contributed by atoms with Crippen LogP contribution in [0.25, 0.3) is 0 Å². The molecule has 1 aromatic carbocycles. The summed E-state index contributed by atoms with van der Waals surface area (Å²) in [7, 11) is 1.66. The molecule has 0 aromatic heterocycles. The highest BCUT2D eigenvalue weighted by atomic mass is 79.9. The molecule has 0 spiro atoms. The number of rotatable bonds is 5. The van der Waals surface area contributed by atoms with Crippen molar-refractivity contribution in [3.05, 3.63) is 27.7 Å². The van der Waals surface area contributed by atoms with Crippen molar-refractivity contribution in [3.63, 3.8) is 0 Å². The summed E-state index contributed by atoms with van der Waals surface area (Å²) in [4.78, 5) is 11.0. The Hall–Kier alpha value is -1.03. The molecule has 0 radical (unpaired) electrons. The monoisotopic (exact) mass is 326 g/mol. The van der Waals surface area contributed by atoms with E-state index in [0.29, 0.717) is 5.92 Å². The molecule has 0 saturated heterocycles. The molecule has 0 amide bonds. The average Bonchev–Trinajstić information content (AvgIpc) is 3.07. The van der Waals surface area contributed by atoms with Crippen LogP contribution in [0.3, 0.4) is 0 Å². The third-order valence-electron chi connectivity index (χ3n) is 3.85. The molecule has 2 rings (SSSR count). The molecule has 1 aliphatic carbocycles. The number of carbonyl (C=O) groups is 1. The fourth-order valence-corrected chi connectivity index (χ4v) is 3.21. The van der Waals surface area contributed by atoms with Gasteiger partial charge in [0.05, 0.1) is 18.0 Å². The Morgan fingerprint density at radius 2 is 2.11 bits per heavy atom. The maximum atomic E-state index is 11.0. The van der Waals surface area contributed by atoms with Crippen LogP contribution >= 0.6 is 15.9 Å². The molecule has 1 N–H and O–H groups in total. The summed E-state index contributed by atoms with van der Waals surface area (Å²) in [6.07, 6.45) is 2.12. The molecule has 3 nitrogen and oxygen atoms in total. The predicted molar refractivity (Wildman–Crippen MR) is 77.9 cm³/mol. The first-order chi connectivity index (χ1) is 8.89. The van der Waals surface area contributed by atoms with Gasteiger partial charge in [-0.3, -0.25) is 4.79 Å². The largest absolute Gasteiger partial charge is 0.495 e. The van der Waals surface area contributed by atoms with Crippen LogP contribution in [0.4, 0.5) is 0 Å². The van der Waals surface area contributed by atoms with Crippen molar-refractivity contribution < 1.29 is 14.6 Å². The average molecular weight is 327 g/mol. The number of ether oxygens (including phenoxy) is 1. The lowest BCUT2D eigenvalue weighted by atomic mass is 9.88. The number of benzene rings is 1. The van der Waals surface area contributed by atoms with Crippen LogP contribution in [0.2, 0.25) is 0 Å².